The molecule has 5 heteroatoms. The first-order valence-corrected chi connectivity index (χ1v) is 7.53. The van der Waals surface area contributed by atoms with Crippen molar-refractivity contribution in [2.24, 2.45) is 0 Å². The molecule has 1 saturated heterocycles. The number of carbonyl (C=O) groups is 1. The molecule has 1 unspecified atom stereocenters. The van der Waals surface area contributed by atoms with Gasteiger partial charge < -0.3 is 15.0 Å². The number of methoxy groups -OCH3 is 1. The maximum atomic E-state index is 12.0. The van der Waals surface area contributed by atoms with Crippen molar-refractivity contribution < 1.29 is 9.53 Å². The van der Waals surface area contributed by atoms with Crippen LogP contribution in [0.1, 0.15) is 6.92 Å². The average molecular weight is 291 g/mol. The van der Waals surface area contributed by atoms with Gasteiger partial charge in [0, 0.05) is 45.5 Å². The summed E-state index contributed by atoms with van der Waals surface area (Å²) >= 11 is 0. The van der Waals surface area contributed by atoms with Crippen LogP contribution < -0.4 is 10.2 Å². The Bertz CT molecular complexity index is 430. The summed E-state index contributed by atoms with van der Waals surface area (Å²) in [5.74, 6) is 0.0835. The molecule has 0 saturated carbocycles. The highest BCUT2D eigenvalue weighted by atomic mass is 16.5. The number of benzene rings is 1. The quantitative estimate of drug-likeness (QED) is 0.793. The second-order valence-electron chi connectivity index (χ2n) is 5.32. The Kier molecular flexibility index (Phi) is 6.02. The van der Waals surface area contributed by atoms with Crippen molar-refractivity contribution in [2.45, 2.75) is 13.0 Å². The first-order chi connectivity index (χ1) is 10.2. The van der Waals surface area contributed by atoms with Gasteiger partial charge in [-0.15, -0.1) is 0 Å². The van der Waals surface area contributed by atoms with Crippen LogP contribution in [0, 0.1) is 0 Å². The Morgan fingerprint density at radius 3 is 2.52 bits per heavy atom. The van der Waals surface area contributed by atoms with Crippen molar-refractivity contribution in [3.05, 3.63) is 30.3 Å². The summed E-state index contributed by atoms with van der Waals surface area (Å²) in [6.45, 7) is 6.84. The average Bonchev–Trinajstić information content (AvgIpc) is 2.55. The molecule has 1 aliphatic heterocycles. The summed E-state index contributed by atoms with van der Waals surface area (Å²) in [7, 11) is 1.64. The molecule has 21 heavy (non-hydrogen) atoms. The van der Waals surface area contributed by atoms with Gasteiger partial charge in [0.25, 0.3) is 0 Å². The number of carbonyl (C=O) groups excluding carboxylic acids is 1. The summed E-state index contributed by atoms with van der Waals surface area (Å²) in [5, 5.41) is 2.90. The molecule has 0 aliphatic carbocycles. The van der Waals surface area contributed by atoms with E-state index in [2.05, 4.69) is 39.4 Å². The first kappa shape index (κ1) is 15.8. The van der Waals surface area contributed by atoms with Gasteiger partial charge in [0.1, 0.15) is 0 Å². The third-order valence-corrected chi connectivity index (χ3v) is 3.97. The van der Waals surface area contributed by atoms with Crippen LogP contribution in [0.5, 0.6) is 0 Å². The highest BCUT2D eigenvalue weighted by Gasteiger charge is 2.25. The number of hydrogen-bond acceptors (Lipinski definition) is 4. The van der Waals surface area contributed by atoms with E-state index in [1.165, 1.54) is 5.69 Å². The number of amides is 1. The number of nitrogens with zero attached hydrogens (tertiary/aromatic N) is 2. The fourth-order valence-electron chi connectivity index (χ4n) is 2.60. The second-order valence-corrected chi connectivity index (χ2v) is 5.32. The number of para-hydroxylation sites is 1. The standard InChI is InChI=1S/C16H25N3O2/c1-14(16(20)17-8-13-21-2)18-9-11-19(12-10-18)15-6-4-3-5-7-15/h3-7,14H,8-13H2,1-2H3,(H,17,20). The molecule has 1 heterocycles. The van der Waals surface area contributed by atoms with E-state index in [0.717, 1.165) is 26.2 Å². The molecule has 0 aromatic heterocycles. The molecule has 1 fully saturated rings. The predicted molar refractivity (Wildman–Crippen MR) is 84.6 cm³/mol. The molecule has 1 aromatic carbocycles. The molecular weight excluding hydrogens is 266 g/mol. The van der Waals surface area contributed by atoms with Crippen LogP contribution in [0.25, 0.3) is 0 Å². The van der Waals surface area contributed by atoms with E-state index in [0.29, 0.717) is 13.2 Å². The fraction of sp³-hybridized carbons (Fsp3) is 0.562. The van der Waals surface area contributed by atoms with Gasteiger partial charge in [-0.3, -0.25) is 9.69 Å². The van der Waals surface area contributed by atoms with Gasteiger partial charge in [-0.2, -0.15) is 0 Å². The van der Waals surface area contributed by atoms with Gasteiger partial charge in [-0.25, -0.2) is 0 Å². The predicted octanol–water partition coefficient (Wildman–Crippen LogP) is 0.960. The molecular formula is C16H25N3O2. The van der Waals surface area contributed by atoms with Crippen molar-refractivity contribution in [2.75, 3.05) is 51.3 Å². The number of nitrogens with one attached hydrogen (secondary N) is 1. The minimum atomic E-state index is -0.0835. The van der Waals surface area contributed by atoms with E-state index in [1.807, 2.05) is 13.0 Å². The van der Waals surface area contributed by atoms with Crippen LogP contribution in [0.3, 0.4) is 0 Å². The summed E-state index contributed by atoms with van der Waals surface area (Å²) in [6.07, 6.45) is 0. The Labute approximate surface area is 126 Å². The third kappa shape index (κ3) is 4.44. The molecule has 116 valence electrons. The van der Waals surface area contributed by atoms with Gasteiger partial charge in [0.2, 0.25) is 5.91 Å². The van der Waals surface area contributed by atoms with Crippen molar-refractivity contribution in [1.29, 1.82) is 0 Å². The van der Waals surface area contributed by atoms with Crippen molar-refractivity contribution >= 4 is 11.6 Å². The van der Waals surface area contributed by atoms with E-state index < -0.39 is 0 Å². The molecule has 1 atom stereocenters. The lowest BCUT2D eigenvalue weighted by Gasteiger charge is -2.38. The van der Waals surface area contributed by atoms with Gasteiger partial charge in [-0.1, -0.05) is 18.2 Å². The highest BCUT2D eigenvalue weighted by Crippen LogP contribution is 2.16. The van der Waals surface area contributed by atoms with Crippen molar-refractivity contribution in [1.82, 2.24) is 10.2 Å². The Balaban J connectivity index is 1.79. The maximum Gasteiger partial charge on any atom is 0.237 e. The first-order valence-electron chi connectivity index (χ1n) is 7.53. The van der Waals surface area contributed by atoms with E-state index in [1.54, 1.807) is 7.11 Å². The van der Waals surface area contributed by atoms with Crippen molar-refractivity contribution in [3.8, 4) is 0 Å². The lowest BCUT2D eigenvalue weighted by atomic mass is 10.2. The maximum absolute atomic E-state index is 12.0. The number of hydrogen-bond donors (Lipinski definition) is 1. The SMILES string of the molecule is COCCNC(=O)C(C)N1CCN(c2ccccc2)CC1. The molecule has 1 aromatic rings. The Morgan fingerprint density at radius 1 is 1.24 bits per heavy atom. The summed E-state index contributed by atoms with van der Waals surface area (Å²) in [4.78, 5) is 16.7. The smallest absolute Gasteiger partial charge is 0.237 e. The van der Waals surface area contributed by atoms with Gasteiger partial charge in [-0.05, 0) is 19.1 Å². The van der Waals surface area contributed by atoms with Crippen LogP contribution in [0.2, 0.25) is 0 Å². The molecule has 1 aliphatic rings. The van der Waals surface area contributed by atoms with Gasteiger partial charge in [0.05, 0.1) is 12.6 Å². The van der Waals surface area contributed by atoms with Crippen LogP contribution in [-0.2, 0) is 9.53 Å². The van der Waals surface area contributed by atoms with Crippen LogP contribution in [-0.4, -0.2) is 63.3 Å². The van der Waals surface area contributed by atoms with E-state index in [9.17, 15) is 4.79 Å². The summed E-state index contributed by atoms with van der Waals surface area (Å²) < 4.78 is 4.95. The monoisotopic (exact) mass is 291 g/mol. The third-order valence-electron chi connectivity index (χ3n) is 3.97. The number of rotatable bonds is 6. The topological polar surface area (TPSA) is 44.8 Å². The van der Waals surface area contributed by atoms with E-state index in [4.69, 9.17) is 4.74 Å². The molecule has 2 rings (SSSR count). The number of piperazine rings is 1. The molecule has 1 N–H and O–H groups in total. The van der Waals surface area contributed by atoms with E-state index in [-0.39, 0.29) is 11.9 Å². The summed E-state index contributed by atoms with van der Waals surface area (Å²) in [6, 6.07) is 10.3. The van der Waals surface area contributed by atoms with E-state index >= 15 is 0 Å². The molecule has 1 amide bonds. The highest BCUT2D eigenvalue weighted by molar-refractivity contribution is 5.81. The number of anilines is 1. The molecule has 0 radical (unpaired) electrons. The zero-order chi connectivity index (χ0) is 15.1. The minimum Gasteiger partial charge on any atom is -0.383 e. The lowest BCUT2D eigenvalue weighted by molar-refractivity contribution is -0.126. The Morgan fingerprint density at radius 2 is 1.90 bits per heavy atom. The zero-order valence-corrected chi connectivity index (χ0v) is 12.9. The minimum absolute atomic E-state index is 0.0835. The fourth-order valence-corrected chi connectivity index (χ4v) is 2.60. The van der Waals surface area contributed by atoms with Gasteiger partial charge in [0.15, 0.2) is 0 Å². The largest absolute Gasteiger partial charge is 0.383 e. The molecule has 0 spiro atoms. The Hall–Kier alpha value is -1.59. The second kappa shape index (κ2) is 8.00. The molecule has 0 bridgehead atoms. The van der Waals surface area contributed by atoms with Crippen LogP contribution >= 0.6 is 0 Å². The van der Waals surface area contributed by atoms with Gasteiger partial charge >= 0.3 is 0 Å². The lowest BCUT2D eigenvalue weighted by Crippen LogP contribution is -2.54. The van der Waals surface area contributed by atoms with Crippen molar-refractivity contribution in [3.63, 3.8) is 0 Å². The summed E-state index contributed by atoms with van der Waals surface area (Å²) in [5.41, 5.74) is 1.26. The zero-order valence-electron chi connectivity index (χ0n) is 12.9. The van der Waals surface area contributed by atoms with Crippen LogP contribution in [0.15, 0.2) is 30.3 Å². The normalized spacial score (nSPS) is 17.5. The molecule has 5 nitrogen and oxygen atoms in total. The van der Waals surface area contributed by atoms with Crippen LogP contribution in [0.4, 0.5) is 5.69 Å². The number of ether oxygens (including phenoxy) is 1.